The van der Waals surface area contributed by atoms with Crippen molar-refractivity contribution in [2.45, 2.75) is 32.7 Å². The molecule has 1 aliphatic rings. The Hall–Kier alpha value is -1.05. The Labute approximate surface area is 103 Å². The number of ether oxygens (including phenoxy) is 1. The van der Waals surface area contributed by atoms with Crippen molar-refractivity contribution in [2.24, 2.45) is 5.41 Å². The van der Waals surface area contributed by atoms with E-state index in [1.807, 2.05) is 6.92 Å². The summed E-state index contributed by atoms with van der Waals surface area (Å²) >= 11 is 0. The van der Waals surface area contributed by atoms with Gasteiger partial charge in [0.2, 0.25) is 5.91 Å². The number of rotatable bonds is 5. The minimum Gasteiger partial charge on any atom is -0.381 e. The molecule has 0 aliphatic carbocycles. The van der Waals surface area contributed by atoms with E-state index in [0.717, 1.165) is 32.6 Å². The summed E-state index contributed by atoms with van der Waals surface area (Å²) in [5, 5.41) is 5.94. The molecular formula is C13H22N2O2. The third-order valence-corrected chi connectivity index (χ3v) is 3.29. The van der Waals surface area contributed by atoms with Crippen molar-refractivity contribution >= 4 is 5.91 Å². The number of carbonyl (C=O) groups excluding carboxylic acids is 1. The molecule has 0 aromatic rings. The van der Waals surface area contributed by atoms with Crippen LogP contribution in [0.25, 0.3) is 0 Å². The van der Waals surface area contributed by atoms with Gasteiger partial charge in [-0.15, -0.1) is 6.42 Å². The lowest BCUT2D eigenvalue weighted by atomic mass is 9.82. The van der Waals surface area contributed by atoms with Crippen LogP contribution in [0, 0.1) is 17.8 Å². The number of terminal acetylenes is 1. The van der Waals surface area contributed by atoms with Crippen LogP contribution in [-0.4, -0.2) is 38.3 Å². The average molecular weight is 238 g/mol. The lowest BCUT2D eigenvalue weighted by Gasteiger charge is -2.34. The number of amides is 1. The maximum Gasteiger partial charge on any atom is 0.237 e. The highest BCUT2D eigenvalue weighted by Gasteiger charge is 2.28. The van der Waals surface area contributed by atoms with E-state index in [4.69, 9.17) is 11.2 Å². The van der Waals surface area contributed by atoms with Crippen LogP contribution in [0.3, 0.4) is 0 Å². The molecular weight excluding hydrogens is 216 g/mol. The highest BCUT2D eigenvalue weighted by Crippen LogP contribution is 2.28. The van der Waals surface area contributed by atoms with Gasteiger partial charge in [-0.1, -0.05) is 12.8 Å². The Bertz CT molecular complexity index is 290. The number of carbonyl (C=O) groups is 1. The van der Waals surface area contributed by atoms with E-state index in [9.17, 15) is 4.79 Å². The van der Waals surface area contributed by atoms with E-state index in [1.54, 1.807) is 0 Å². The molecule has 0 aromatic heterocycles. The van der Waals surface area contributed by atoms with Gasteiger partial charge in [0, 0.05) is 19.8 Å². The fraction of sp³-hybridized carbons (Fsp3) is 0.769. The van der Waals surface area contributed by atoms with Gasteiger partial charge in [0.15, 0.2) is 0 Å². The van der Waals surface area contributed by atoms with Gasteiger partial charge in [0.05, 0.1) is 12.6 Å². The predicted molar refractivity (Wildman–Crippen MR) is 67.5 cm³/mol. The maximum atomic E-state index is 11.6. The maximum absolute atomic E-state index is 11.6. The molecule has 17 heavy (non-hydrogen) atoms. The molecule has 96 valence electrons. The Morgan fingerprint density at radius 2 is 2.18 bits per heavy atom. The van der Waals surface area contributed by atoms with Crippen molar-refractivity contribution in [3.63, 3.8) is 0 Å². The van der Waals surface area contributed by atoms with Gasteiger partial charge in [-0.25, -0.2) is 0 Å². The zero-order chi connectivity index (χ0) is 12.7. The second kappa shape index (κ2) is 6.63. The average Bonchev–Trinajstić information content (AvgIpc) is 2.34. The minimum atomic E-state index is -0.206. The molecule has 1 rings (SSSR count). The van der Waals surface area contributed by atoms with Crippen LogP contribution in [-0.2, 0) is 9.53 Å². The zero-order valence-corrected chi connectivity index (χ0v) is 10.7. The summed E-state index contributed by atoms with van der Waals surface area (Å²) in [4.78, 5) is 11.6. The van der Waals surface area contributed by atoms with Crippen LogP contribution in [0.2, 0.25) is 0 Å². The van der Waals surface area contributed by atoms with Crippen molar-refractivity contribution in [1.82, 2.24) is 10.6 Å². The van der Waals surface area contributed by atoms with Gasteiger partial charge in [-0.05, 0) is 25.2 Å². The van der Waals surface area contributed by atoms with Gasteiger partial charge in [0.1, 0.15) is 0 Å². The van der Waals surface area contributed by atoms with Crippen LogP contribution in [0.5, 0.6) is 0 Å². The van der Waals surface area contributed by atoms with E-state index in [0.29, 0.717) is 0 Å². The van der Waals surface area contributed by atoms with Gasteiger partial charge >= 0.3 is 0 Å². The fourth-order valence-corrected chi connectivity index (χ4v) is 1.82. The first-order chi connectivity index (χ1) is 8.07. The van der Waals surface area contributed by atoms with Gasteiger partial charge in [-0.2, -0.15) is 0 Å². The summed E-state index contributed by atoms with van der Waals surface area (Å²) in [6, 6.07) is -0.206. The van der Waals surface area contributed by atoms with Crippen molar-refractivity contribution in [3.05, 3.63) is 0 Å². The smallest absolute Gasteiger partial charge is 0.237 e. The Morgan fingerprint density at radius 1 is 1.53 bits per heavy atom. The molecule has 4 nitrogen and oxygen atoms in total. The number of hydrogen-bond donors (Lipinski definition) is 2. The molecule has 1 unspecified atom stereocenters. The molecule has 1 saturated heterocycles. The van der Waals surface area contributed by atoms with E-state index in [2.05, 4.69) is 23.5 Å². The fourth-order valence-electron chi connectivity index (χ4n) is 1.82. The second-order valence-electron chi connectivity index (χ2n) is 4.95. The van der Waals surface area contributed by atoms with Crippen molar-refractivity contribution < 1.29 is 9.53 Å². The second-order valence-corrected chi connectivity index (χ2v) is 4.95. The zero-order valence-electron chi connectivity index (χ0n) is 10.7. The molecule has 1 amide bonds. The minimum absolute atomic E-state index is 0.0430. The van der Waals surface area contributed by atoms with Crippen molar-refractivity contribution in [1.29, 1.82) is 0 Å². The molecule has 0 bridgehead atoms. The molecule has 0 saturated carbocycles. The summed E-state index contributed by atoms with van der Waals surface area (Å²) < 4.78 is 5.34. The first-order valence-corrected chi connectivity index (χ1v) is 6.10. The van der Waals surface area contributed by atoms with E-state index >= 15 is 0 Å². The summed E-state index contributed by atoms with van der Waals surface area (Å²) in [6.07, 6.45) is 7.17. The topological polar surface area (TPSA) is 50.4 Å². The molecule has 0 aromatic carbocycles. The highest BCUT2D eigenvalue weighted by atomic mass is 16.5. The number of nitrogens with one attached hydrogen (secondary N) is 2. The molecule has 1 aliphatic heterocycles. The summed E-state index contributed by atoms with van der Waals surface area (Å²) in [5.74, 6) is 2.35. The molecule has 1 heterocycles. The van der Waals surface area contributed by atoms with Crippen LogP contribution >= 0.6 is 0 Å². The third kappa shape index (κ3) is 4.76. The Balaban J connectivity index is 2.29. The molecule has 2 N–H and O–H groups in total. The van der Waals surface area contributed by atoms with Gasteiger partial charge in [-0.3, -0.25) is 4.79 Å². The first kappa shape index (κ1) is 14.0. The van der Waals surface area contributed by atoms with Gasteiger partial charge < -0.3 is 15.4 Å². The lowest BCUT2D eigenvalue weighted by molar-refractivity contribution is -0.122. The van der Waals surface area contributed by atoms with E-state index in [1.165, 1.54) is 0 Å². The largest absolute Gasteiger partial charge is 0.381 e. The third-order valence-electron chi connectivity index (χ3n) is 3.29. The highest BCUT2D eigenvalue weighted by molar-refractivity contribution is 5.81. The normalized spacial score (nSPS) is 20.3. The van der Waals surface area contributed by atoms with Crippen LogP contribution in [0.15, 0.2) is 0 Å². The summed E-state index contributed by atoms with van der Waals surface area (Å²) in [5.41, 5.74) is 0.235. The molecule has 1 fully saturated rings. The standard InChI is InChI=1S/C13H22N2O2/c1-4-7-14-12(16)11(2)15-10-13(3)5-8-17-9-6-13/h1,11,15H,5-10H2,2-3H3,(H,14,16). The number of hydrogen-bond acceptors (Lipinski definition) is 3. The molecule has 0 radical (unpaired) electrons. The van der Waals surface area contributed by atoms with Crippen LogP contribution < -0.4 is 10.6 Å². The predicted octanol–water partition coefficient (Wildman–Crippen LogP) is 0.531. The molecule has 4 heteroatoms. The van der Waals surface area contributed by atoms with Crippen LogP contribution in [0.1, 0.15) is 26.7 Å². The summed E-state index contributed by atoms with van der Waals surface area (Å²) in [7, 11) is 0. The van der Waals surface area contributed by atoms with E-state index < -0.39 is 0 Å². The van der Waals surface area contributed by atoms with E-state index in [-0.39, 0.29) is 23.9 Å². The Morgan fingerprint density at radius 3 is 2.76 bits per heavy atom. The van der Waals surface area contributed by atoms with Crippen molar-refractivity contribution in [2.75, 3.05) is 26.3 Å². The SMILES string of the molecule is C#CCNC(=O)C(C)NCC1(C)CCOCC1. The monoisotopic (exact) mass is 238 g/mol. The first-order valence-electron chi connectivity index (χ1n) is 6.10. The lowest BCUT2D eigenvalue weighted by Crippen LogP contribution is -2.47. The van der Waals surface area contributed by atoms with Crippen molar-refractivity contribution in [3.8, 4) is 12.3 Å². The molecule has 1 atom stereocenters. The quantitative estimate of drug-likeness (QED) is 0.687. The Kier molecular flexibility index (Phi) is 5.46. The van der Waals surface area contributed by atoms with Crippen LogP contribution in [0.4, 0.5) is 0 Å². The summed E-state index contributed by atoms with van der Waals surface area (Å²) in [6.45, 7) is 6.84. The molecule has 0 spiro atoms. The van der Waals surface area contributed by atoms with Gasteiger partial charge in [0.25, 0.3) is 0 Å².